The summed E-state index contributed by atoms with van der Waals surface area (Å²) >= 11 is 0. The molecule has 0 saturated carbocycles. The number of tetrazole rings is 1. The van der Waals surface area contributed by atoms with E-state index < -0.39 is 0 Å². The maximum atomic E-state index is 5.90. The molecule has 0 atom stereocenters. The number of ether oxygens (including phenoxy) is 2. The molecular weight excluding hydrogens is 258 g/mol. The third-order valence-electron chi connectivity index (χ3n) is 2.78. The molecule has 0 bridgehead atoms. The van der Waals surface area contributed by atoms with E-state index in [9.17, 15) is 0 Å². The number of hydrogen-bond acceptors (Lipinski definition) is 6. The van der Waals surface area contributed by atoms with Crippen molar-refractivity contribution in [2.75, 3.05) is 19.5 Å². The van der Waals surface area contributed by atoms with Gasteiger partial charge < -0.3 is 15.2 Å². The molecule has 0 aliphatic rings. The van der Waals surface area contributed by atoms with Crippen LogP contribution >= 0.6 is 0 Å². The highest BCUT2D eigenvalue weighted by Crippen LogP contribution is 2.32. The lowest BCUT2D eigenvalue weighted by atomic mass is 10.1. The molecule has 20 heavy (non-hydrogen) atoms. The van der Waals surface area contributed by atoms with Crippen LogP contribution in [0.4, 0.5) is 5.69 Å². The third kappa shape index (κ3) is 3.05. The molecule has 2 aromatic rings. The first-order valence-corrected chi connectivity index (χ1v) is 6.44. The van der Waals surface area contributed by atoms with E-state index in [2.05, 4.69) is 15.5 Å². The Kier molecular flexibility index (Phi) is 4.52. The zero-order valence-corrected chi connectivity index (χ0v) is 11.9. The summed E-state index contributed by atoms with van der Waals surface area (Å²) in [6, 6.07) is 5.50. The molecule has 7 heteroatoms. The van der Waals surface area contributed by atoms with E-state index >= 15 is 0 Å². The molecule has 1 heterocycles. The number of hydrogen-bond donors (Lipinski definition) is 1. The predicted octanol–water partition coefficient (Wildman–Crippen LogP) is 1.36. The number of nitrogens with two attached hydrogens (primary N) is 1. The van der Waals surface area contributed by atoms with Gasteiger partial charge in [-0.2, -0.15) is 0 Å². The SMILES string of the molecule is COc1c(N)cccc1-c1nnnn1CCOC(C)C. The van der Waals surface area contributed by atoms with Crippen molar-refractivity contribution >= 4 is 5.69 Å². The zero-order chi connectivity index (χ0) is 14.5. The Morgan fingerprint density at radius 2 is 2.15 bits per heavy atom. The van der Waals surface area contributed by atoms with E-state index in [0.29, 0.717) is 30.4 Å². The van der Waals surface area contributed by atoms with Gasteiger partial charge in [0.2, 0.25) is 0 Å². The first-order chi connectivity index (χ1) is 9.63. The topological polar surface area (TPSA) is 88.1 Å². The molecular formula is C13H19N5O2. The molecule has 1 aromatic carbocycles. The molecule has 0 amide bonds. The molecule has 0 radical (unpaired) electrons. The fourth-order valence-electron chi connectivity index (χ4n) is 1.88. The van der Waals surface area contributed by atoms with Gasteiger partial charge in [-0.05, 0) is 36.4 Å². The molecule has 0 spiro atoms. The molecule has 1 aromatic heterocycles. The summed E-state index contributed by atoms with van der Waals surface area (Å²) in [7, 11) is 1.57. The van der Waals surface area contributed by atoms with Crippen molar-refractivity contribution in [2.45, 2.75) is 26.5 Å². The Balaban J connectivity index is 2.26. The van der Waals surface area contributed by atoms with E-state index in [1.54, 1.807) is 17.9 Å². The number of nitrogens with zero attached hydrogens (tertiary/aromatic N) is 4. The molecule has 0 fully saturated rings. The number of benzene rings is 1. The monoisotopic (exact) mass is 277 g/mol. The van der Waals surface area contributed by atoms with Crippen LogP contribution in [0.25, 0.3) is 11.4 Å². The van der Waals surface area contributed by atoms with Crippen molar-refractivity contribution in [3.8, 4) is 17.1 Å². The average Bonchev–Trinajstić information content (AvgIpc) is 2.86. The normalized spacial score (nSPS) is 11.0. The maximum absolute atomic E-state index is 5.90. The second kappa shape index (κ2) is 6.33. The Hall–Kier alpha value is -2.15. The molecule has 2 N–H and O–H groups in total. The van der Waals surface area contributed by atoms with Crippen LogP contribution in [-0.4, -0.2) is 40.0 Å². The second-order valence-electron chi connectivity index (χ2n) is 4.57. The molecule has 0 unspecified atom stereocenters. The van der Waals surface area contributed by atoms with Gasteiger partial charge in [0.05, 0.1) is 37.6 Å². The summed E-state index contributed by atoms with van der Waals surface area (Å²) in [5.41, 5.74) is 7.22. The Labute approximate surface area is 117 Å². The second-order valence-corrected chi connectivity index (χ2v) is 4.57. The van der Waals surface area contributed by atoms with Crippen LogP contribution in [0.2, 0.25) is 0 Å². The lowest BCUT2D eigenvalue weighted by molar-refractivity contribution is 0.0709. The van der Waals surface area contributed by atoms with Crippen molar-refractivity contribution < 1.29 is 9.47 Å². The largest absolute Gasteiger partial charge is 0.494 e. The van der Waals surface area contributed by atoms with Crippen LogP contribution in [0.5, 0.6) is 5.75 Å². The molecule has 0 aliphatic carbocycles. The van der Waals surface area contributed by atoms with E-state index in [4.69, 9.17) is 15.2 Å². The van der Waals surface area contributed by atoms with Crippen molar-refractivity contribution in [3.63, 3.8) is 0 Å². The van der Waals surface area contributed by atoms with Crippen molar-refractivity contribution in [1.82, 2.24) is 20.2 Å². The fraction of sp³-hybridized carbons (Fsp3) is 0.462. The highest BCUT2D eigenvalue weighted by atomic mass is 16.5. The highest BCUT2D eigenvalue weighted by molar-refractivity contribution is 5.73. The zero-order valence-electron chi connectivity index (χ0n) is 11.9. The smallest absolute Gasteiger partial charge is 0.185 e. The third-order valence-corrected chi connectivity index (χ3v) is 2.78. The molecule has 7 nitrogen and oxygen atoms in total. The van der Waals surface area contributed by atoms with Gasteiger partial charge in [0, 0.05) is 0 Å². The van der Waals surface area contributed by atoms with Crippen molar-refractivity contribution in [2.24, 2.45) is 0 Å². The summed E-state index contributed by atoms with van der Waals surface area (Å²) in [6.45, 7) is 5.08. The van der Waals surface area contributed by atoms with Gasteiger partial charge >= 0.3 is 0 Å². The molecule has 2 rings (SSSR count). The number of nitrogen functional groups attached to an aromatic ring is 1. The first kappa shape index (κ1) is 14.3. The van der Waals surface area contributed by atoms with E-state index in [-0.39, 0.29) is 6.10 Å². The summed E-state index contributed by atoms with van der Waals surface area (Å²) in [6.07, 6.45) is 0.178. The van der Waals surface area contributed by atoms with E-state index in [1.165, 1.54) is 0 Å². The van der Waals surface area contributed by atoms with Crippen LogP contribution in [0.3, 0.4) is 0 Å². The first-order valence-electron chi connectivity index (χ1n) is 6.44. The van der Waals surface area contributed by atoms with E-state index in [1.807, 2.05) is 26.0 Å². The van der Waals surface area contributed by atoms with Gasteiger partial charge in [-0.3, -0.25) is 0 Å². The van der Waals surface area contributed by atoms with Crippen LogP contribution in [0.15, 0.2) is 18.2 Å². The van der Waals surface area contributed by atoms with Crippen LogP contribution < -0.4 is 10.5 Å². The standard InChI is InChI=1S/C13H19N5O2/c1-9(2)20-8-7-18-13(15-16-17-18)10-5-4-6-11(14)12(10)19-3/h4-6,9H,7-8,14H2,1-3H3. The van der Waals surface area contributed by atoms with Crippen LogP contribution in [0, 0.1) is 0 Å². The van der Waals surface area contributed by atoms with E-state index in [0.717, 1.165) is 5.56 Å². The number of para-hydroxylation sites is 1. The minimum absolute atomic E-state index is 0.178. The Bertz CT molecular complexity index is 568. The number of rotatable bonds is 6. The van der Waals surface area contributed by atoms with Crippen molar-refractivity contribution in [3.05, 3.63) is 18.2 Å². The fourth-order valence-corrected chi connectivity index (χ4v) is 1.88. The minimum Gasteiger partial charge on any atom is -0.494 e. The lowest BCUT2D eigenvalue weighted by Crippen LogP contribution is -2.13. The number of methoxy groups -OCH3 is 1. The number of aromatic nitrogens is 4. The van der Waals surface area contributed by atoms with Crippen molar-refractivity contribution in [1.29, 1.82) is 0 Å². The summed E-state index contributed by atoms with van der Waals surface area (Å²) in [5, 5.41) is 11.7. The average molecular weight is 277 g/mol. The summed E-state index contributed by atoms with van der Waals surface area (Å²) < 4.78 is 12.5. The Morgan fingerprint density at radius 3 is 2.85 bits per heavy atom. The summed E-state index contributed by atoms with van der Waals surface area (Å²) in [4.78, 5) is 0. The van der Waals surface area contributed by atoms with Gasteiger partial charge in [-0.1, -0.05) is 6.07 Å². The lowest BCUT2D eigenvalue weighted by Gasteiger charge is -2.11. The van der Waals surface area contributed by atoms with Crippen LogP contribution in [-0.2, 0) is 11.3 Å². The quantitative estimate of drug-likeness (QED) is 0.802. The highest BCUT2D eigenvalue weighted by Gasteiger charge is 2.15. The molecule has 108 valence electrons. The molecule has 0 aliphatic heterocycles. The Morgan fingerprint density at radius 1 is 1.35 bits per heavy atom. The summed E-state index contributed by atoms with van der Waals surface area (Å²) in [5.74, 6) is 1.19. The molecule has 0 saturated heterocycles. The minimum atomic E-state index is 0.178. The van der Waals surface area contributed by atoms with Gasteiger partial charge in [0.1, 0.15) is 0 Å². The van der Waals surface area contributed by atoms with Gasteiger partial charge in [0.15, 0.2) is 11.6 Å². The predicted molar refractivity (Wildman–Crippen MR) is 75.3 cm³/mol. The van der Waals surface area contributed by atoms with Gasteiger partial charge in [-0.25, -0.2) is 4.68 Å². The number of anilines is 1. The maximum Gasteiger partial charge on any atom is 0.185 e. The van der Waals surface area contributed by atoms with Crippen LogP contribution in [0.1, 0.15) is 13.8 Å². The van der Waals surface area contributed by atoms with Gasteiger partial charge in [0.25, 0.3) is 0 Å². The van der Waals surface area contributed by atoms with Gasteiger partial charge in [-0.15, -0.1) is 5.10 Å².